The topological polar surface area (TPSA) is 54.9 Å². The maximum Gasteiger partial charge on any atom is 0.260 e. The van der Waals surface area contributed by atoms with Crippen molar-refractivity contribution in [1.82, 2.24) is 9.88 Å². The molecule has 6 nitrogen and oxygen atoms in total. The molecule has 3 aromatic rings. The average molecular weight is 456 g/mol. The molecule has 0 aliphatic heterocycles. The molecule has 0 aliphatic rings. The zero-order valence-electron chi connectivity index (χ0n) is 19.5. The average Bonchev–Trinajstić information content (AvgIpc) is 3.22. The lowest BCUT2D eigenvalue weighted by Crippen LogP contribution is -2.33. The standard InChI is InChI=1S/C25H33N3O3S/c1-5-6-7-17-31-20-11-9-19(10-12-20)24(29)28(16-8-15-27(2)3)25-26-22-14-13-21(30-4)18-23(22)32-25/h9-14,18H,5-8,15-17H2,1-4H3. The van der Waals surface area contributed by atoms with Gasteiger partial charge in [0.25, 0.3) is 5.91 Å². The number of benzene rings is 2. The largest absolute Gasteiger partial charge is 0.497 e. The fourth-order valence-electron chi connectivity index (χ4n) is 3.36. The zero-order valence-corrected chi connectivity index (χ0v) is 20.3. The molecule has 0 atom stereocenters. The maximum atomic E-state index is 13.4. The van der Waals surface area contributed by atoms with Crippen LogP contribution < -0.4 is 14.4 Å². The Hall–Kier alpha value is -2.64. The number of amides is 1. The number of ether oxygens (including phenoxy) is 2. The number of methoxy groups -OCH3 is 1. The van der Waals surface area contributed by atoms with Crippen LogP contribution in [0.25, 0.3) is 10.2 Å². The van der Waals surface area contributed by atoms with Gasteiger partial charge in [-0.3, -0.25) is 9.69 Å². The molecule has 3 rings (SSSR count). The molecule has 1 amide bonds. The Morgan fingerprint density at radius 1 is 1.00 bits per heavy atom. The molecular weight excluding hydrogens is 422 g/mol. The van der Waals surface area contributed by atoms with Gasteiger partial charge in [-0.15, -0.1) is 0 Å². The maximum absolute atomic E-state index is 13.4. The molecule has 0 N–H and O–H groups in total. The van der Waals surface area contributed by atoms with Gasteiger partial charge < -0.3 is 14.4 Å². The molecular formula is C25H33N3O3S. The van der Waals surface area contributed by atoms with Gasteiger partial charge >= 0.3 is 0 Å². The van der Waals surface area contributed by atoms with Crippen LogP contribution in [-0.2, 0) is 0 Å². The number of hydrogen-bond donors (Lipinski definition) is 0. The van der Waals surface area contributed by atoms with E-state index in [0.717, 1.165) is 47.5 Å². The van der Waals surface area contributed by atoms with Crippen LogP contribution in [0.2, 0.25) is 0 Å². The first-order valence-electron chi connectivity index (χ1n) is 11.2. The van der Waals surface area contributed by atoms with E-state index in [1.54, 1.807) is 12.0 Å². The van der Waals surface area contributed by atoms with Gasteiger partial charge in [-0.05, 0) is 75.9 Å². The molecule has 0 radical (unpaired) electrons. The summed E-state index contributed by atoms with van der Waals surface area (Å²) in [6.07, 6.45) is 4.22. The zero-order chi connectivity index (χ0) is 22.9. The molecule has 0 fully saturated rings. The Kier molecular flexibility index (Phi) is 8.88. The van der Waals surface area contributed by atoms with Crippen molar-refractivity contribution in [2.24, 2.45) is 0 Å². The molecule has 0 saturated carbocycles. The Morgan fingerprint density at radius 2 is 1.75 bits per heavy atom. The van der Waals surface area contributed by atoms with Gasteiger partial charge in [0.05, 0.1) is 23.9 Å². The lowest BCUT2D eigenvalue weighted by atomic mass is 10.2. The first kappa shape index (κ1) is 24.0. The minimum atomic E-state index is -0.0488. The lowest BCUT2D eigenvalue weighted by molar-refractivity contribution is 0.0986. The van der Waals surface area contributed by atoms with E-state index in [1.807, 2.05) is 56.6 Å². The number of nitrogens with zero attached hydrogens (tertiary/aromatic N) is 3. The van der Waals surface area contributed by atoms with Crippen LogP contribution >= 0.6 is 11.3 Å². The Morgan fingerprint density at radius 3 is 2.44 bits per heavy atom. The van der Waals surface area contributed by atoms with Crippen molar-refractivity contribution in [3.8, 4) is 11.5 Å². The van der Waals surface area contributed by atoms with Crippen LogP contribution in [0.3, 0.4) is 0 Å². The van der Waals surface area contributed by atoms with Crippen molar-refractivity contribution in [2.75, 3.05) is 45.8 Å². The summed E-state index contributed by atoms with van der Waals surface area (Å²) in [5.41, 5.74) is 1.50. The summed E-state index contributed by atoms with van der Waals surface area (Å²) in [7, 11) is 5.72. The predicted molar refractivity (Wildman–Crippen MR) is 132 cm³/mol. The number of rotatable bonds is 12. The van der Waals surface area contributed by atoms with E-state index in [0.29, 0.717) is 23.8 Å². The van der Waals surface area contributed by atoms with Crippen LogP contribution in [-0.4, -0.2) is 56.7 Å². The fraction of sp³-hybridized carbons (Fsp3) is 0.440. The third-order valence-electron chi connectivity index (χ3n) is 5.17. The molecule has 1 aromatic heterocycles. The Bertz CT molecular complexity index is 1000. The van der Waals surface area contributed by atoms with Gasteiger partial charge in [-0.1, -0.05) is 31.1 Å². The van der Waals surface area contributed by atoms with E-state index in [1.165, 1.54) is 17.8 Å². The Balaban J connectivity index is 1.79. The molecule has 7 heteroatoms. The highest BCUT2D eigenvalue weighted by atomic mass is 32.1. The number of anilines is 1. The number of thiazole rings is 1. The summed E-state index contributed by atoms with van der Waals surface area (Å²) < 4.78 is 12.1. The van der Waals surface area contributed by atoms with Gasteiger partial charge in [0.1, 0.15) is 11.5 Å². The van der Waals surface area contributed by atoms with Crippen molar-refractivity contribution >= 4 is 32.6 Å². The van der Waals surface area contributed by atoms with Crippen LogP contribution in [0, 0.1) is 0 Å². The number of carbonyl (C=O) groups excluding carboxylic acids is 1. The van der Waals surface area contributed by atoms with Crippen molar-refractivity contribution in [3.05, 3.63) is 48.0 Å². The van der Waals surface area contributed by atoms with Crippen LogP contribution in [0.15, 0.2) is 42.5 Å². The second-order valence-corrected chi connectivity index (χ2v) is 9.03. The predicted octanol–water partition coefficient (Wildman–Crippen LogP) is 5.47. The van der Waals surface area contributed by atoms with Gasteiger partial charge in [-0.25, -0.2) is 4.98 Å². The third-order valence-corrected chi connectivity index (χ3v) is 6.21. The van der Waals surface area contributed by atoms with Crippen molar-refractivity contribution < 1.29 is 14.3 Å². The summed E-state index contributed by atoms with van der Waals surface area (Å²) >= 11 is 1.51. The van der Waals surface area contributed by atoms with E-state index in [-0.39, 0.29) is 5.91 Å². The summed E-state index contributed by atoms with van der Waals surface area (Å²) in [5.74, 6) is 1.53. The van der Waals surface area contributed by atoms with Crippen molar-refractivity contribution in [1.29, 1.82) is 0 Å². The molecule has 0 bridgehead atoms. The molecule has 2 aromatic carbocycles. The number of aromatic nitrogens is 1. The first-order valence-corrected chi connectivity index (χ1v) is 12.0. The van der Waals surface area contributed by atoms with Crippen molar-refractivity contribution in [3.63, 3.8) is 0 Å². The molecule has 1 heterocycles. The summed E-state index contributed by atoms with van der Waals surface area (Å²) in [4.78, 5) is 22.1. The van der Waals surface area contributed by atoms with E-state index < -0.39 is 0 Å². The first-order chi connectivity index (χ1) is 15.5. The van der Waals surface area contributed by atoms with E-state index in [9.17, 15) is 4.79 Å². The number of hydrogen-bond acceptors (Lipinski definition) is 6. The van der Waals surface area contributed by atoms with Gasteiger partial charge in [-0.2, -0.15) is 0 Å². The highest BCUT2D eigenvalue weighted by Crippen LogP contribution is 2.32. The van der Waals surface area contributed by atoms with Gasteiger partial charge in [0, 0.05) is 12.1 Å². The van der Waals surface area contributed by atoms with Crippen LogP contribution in [0.5, 0.6) is 11.5 Å². The normalized spacial score (nSPS) is 11.2. The Labute approximate surface area is 194 Å². The SMILES string of the molecule is CCCCCOc1ccc(C(=O)N(CCCN(C)C)c2nc3ccc(OC)cc3s2)cc1. The summed E-state index contributed by atoms with van der Waals surface area (Å²) in [6.45, 7) is 4.37. The van der Waals surface area contributed by atoms with Crippen LogP contribution in [0.4, 0.5) is 5.13 Å². The van der Waals surface area contributed by atoms with Gasteiger partial charge in [0.2, 0.25) is 0 Å². The molecule has 0 aliphatic carbocycles. The highest BCUT2D eigenvalue weighted by molar-refractivity contribution is 7.22. The van der Waals surface area contributed by atoms with E-state index >= 15 is 0 Å². The fourth-order valence-corrected chi connectivity index (χ4v) is 4.37. The van der Waals surface area contributed by atoms with E-state index in [4.69, 9.17) is 14.5 Å². The third kappa shape index (κ3) is 6.43. The van der Waals surface area contributed by atoms with Crippen molar-refractivity contribution in [2.45, 2.75) is 32.6 Å². The lowest BCUT2D eigenvalue weighted by Gasteiger charge is -2.21. The smallest absolute Gasteiger partial charge is 0.260 e. The second kappa shape index (κ2) is 11.8. The summed E-state index contributed by atoms with van der Waals surface area (Å²) in [5, 5.41) is 0.705. The monoisotopic (exact) mass is 455 g/mol. The molecule has 0 spiro atoms. The minimum absolute atomic E-state index is 0.0488. The molecule has 32 heavy (non-hydrogen) atoms. The number of carbonyl (C=O) groups is 1. The minimum Gasteiger partial charge on any atom is -0.497 e. The second-order valence-electron chi connectivity index (χ2n) is 8.02. The molecule has 172 valence electrons. The highest BCUT2D eigenvalue weighted by Gasteiger charge is 2.21. The molecule has 0 saturated heterocycles. The molecule has 0 unspecified atom stereocenters. The number of unbranched alkanes of at least 4 members (excludes halogenated alkanes) is 2. The quantitative estimate of drug-likeness (QED) is 0.339. The van der Waals surface area contributed by atoms with Crippen LogP contribution in [0.1, 0.15) is 43.0 Å². The number of fused-ring (bicyclic) bond motifs is 1. The summed E-state index contributed by atoms with van der Waals surface area (Å²) in [6, 6.07) is 13.2. The van der Waals surface area contributed by atoms with E-state index in [2.05, 4.69) is 11.8 Å². The van der Waals surface area contributed by atoms with Gasteiger partial charge in [0.15, 0.2) is 5.13 Å².